The molecule has 0 spiro atoms. The smallest absolute Gasteiger partial charge is 0.327 e. The van der Waals surface area contributed by atoms with Crippen LogP contribution in [0.3, 0.4) is 0 Å². The van der Waals surface area contributed by atoms with E-state index in [4.69, 9.17) is 10.5 Å². The standard InChI is InChI=1S/C12H17NO3/c1-4-16-9-5-6-10(8(2)7-9)11(13)12(14)15-3/h5-7,11H,4,13H2,1-3H3. The van der Waals surface area contributed by atoms with E-state index in [0.717, 1.165) is 16.9 Å². The second-order valence-corrected chi connectivity index (χ2v) is 3.45. The quantitative estimate of drug-likeness (QED) is 0.787. The minimum absolute atomic E-state index is 0.438. The van der Waals surface area contributed by atoms with Crippen LogP contribution >= 0.6 is 0 Å². The molecule has 4 nitrogen and oxygen atoms in total. The molecule has 1 aromatic carbocycles. The molecular weight excluding hydrogens is 206 g/mol. The molecule has 2 N–H and O–H groups in total. The van der Waals surface area contributed by atoms with Crippen LogP contribution in [0.25, 0.3) is 0 Å². The first-order chi connectivity index (χ1) is 7.60. The Bertz CT molecular complexity index is 377. The first-order valence-electron chi connectivity index (χ1n) is 5.17. The highest BCUT2D eigenvalue weighted by Crippen LogP contribution is 2.22. The van der Waals surface area contributed by atoms with Gasteiger partial charge in [0.2, 0.25) is 0 Å². The number of hydrogen-bond donors (Lipinski definition) is 1. The molecule has 0 aliphatic rings. The number of nitrogens with two attached hydrogens (primary N) is 1. The molecule has 0 aliphatic carbocycles. The molecule has 0 amide bonds. The van der Waals surface area contributed by atoms with Crippen molar-refractivity contribution in [1.82, 2.24) is 0 Å². The topological polar surface area (TPSA) is 61.5 Å². The largest absolute Gasteiger partial charge is 0.494 e. The van der Waals surface area contributed by atoms with Crippen LogP contribution in [-0.2, 0) is 9.53 Å². The van der Waals surface area contributed by atoms with Gasteiger partial charge in [0.1, 0.15) is 11.8 Å². The molecule has 16 heavy (non-hydrogen) atoms. The first kappa shape index (κ1) is 12.5. The molecule has 1 rings (SSSR count). The predicted octanol–water partition coefficient (Wildman–Crippen LogP) is 1.57. The third-order valence-electron chi connectivity index (χ3n) is 2.34. The zero-order valence-corrected chi connectivity index (χ0v) is 9.82. The fourth-order valence-corrected chi connectivity index (χ4v) is 1.51. The van der Waals surface area contributed by atoms with Gasteiger partial charge in [-0.3, -0.25) is 4.79 Å². The van der Waals surface area contributed by atoms with Crippen LogP contribution in [0.15, 0.2) is 18.2 Å². The molecule has 0 aromatic heterocycles. The summed E-state index contributed by atoms with van der Waals surface area (Å²) in [5, 5.41) is 0. The van der Waals surface area contributed by atoms with Gasteiger partial charge in [0, 0.05) is 0 Å². The molecule has 0 heterocycles. The van der Waals surface area contributed by atoms with Gasteiger partial charge in [0.05, 0.1) is 13.7 Å². The minimum Gasteiger partial charge on any atom is -0.494 e. The van der Waals surface area contributed by atoms with E-state index in [-0.39, 0.29) is 0 Å². The number of benzene rings is 1. The van der Waals surface area contributed by atoms with Crippen molar-refractivity contribution >= 4 is 5.97 Å². The molecule has 0 saturated heterocycles. The number of rotatable bonds is 4. The summed E-state index contributed by atoms with van der Waals surface area (Å²) in [7, 11) is 1.33. The normalized spacial score (nSPS) is 12.0. The average molecular weight is 223 g/mol. The summed E-state index contributed by atoms with van der Waals surface area (Å²) >= 11 is 0. The fourth-order valence-electron chi connectivity index (χ4n) is 1.51. The van der Waals surface area contributed by atoms with Gasteiger partial charge in [0.25, 0.3) is 0 Å². The lowest BCUT2D eigenvalue weighted by Crippen LogP contribution is -2.23. The van der Waals surface area contributed by atoms with Crippen LogP contribution in [-0.4, -0.2) is 19.7 Å². The summed E-state index contributed by atoms with van der Waals surface area (Å²) in [6.45, 7) is 4.42. The van der Waals surface area contributed by atoms with Crippen molar-refractivity contribution in [3.8, 4) is 5.75 Å². The number of carbonyl (C=O) groups is 1. The van der Waals surface area contributed by atoms with E-state index >= 15 is 0 Å². The highest BCUT2D eigenvalue weighted by atomic mass is 16.5. The van der Waals surface area contributed by atoms with Gasteiger partial charge in [-0.1, -0.05) is 6.07 Å². The van der Waals surface area contributed by atoms with Crippen LogP contribution in [0.5, 0.6) is 5.75 Å². The number of hydrogen-bond acceptors (Lipinski definition) is 4. The monoisotopic (exact) mass is 223 g/mol. The number of ether oxygens (including phenoxy) is 2. The summed E-state index contributed by atoms with van der Waals surface area (Å²) in [4.78, 5) is 11.3. The van der Waals surface area contributed by atoms with E-state index in [0.29, 0.717) is 6.61 Å². The van der Waals surface area contributed by atoms with Crippen molar-refractivity contribution in [2.75, 3.05) is 13.7 Å². The van der Waals surface area contributed by atoms with E-state index in [1.165, 1.54) is 7.11 Å². The molecule has 0 radical (unpaired) electrons. The Morgan fingerprint density at radius 2 is 2.19 bits per heavy atom. The van der Waals surface area contributed by atoms with Crippen molar-refractivity contribution < 1.29 is 14.3 Å². The summed E-state index contributed by atoms with van der Waals surface area (Å²) in [6.07, 6.45) is 0. The van der Waals surface area contributed by atoms with E-state index in [2.05, 4.69) is 4.74 Å². The Morgan fingerprint density at radius 3 is 2.69 bits per heavy atom. The highest BCUT2D eigenvalue weighted by Gasteiger charge is 2.18. The number of aryl methyl sites for hydroxylation is 1. The third kappa shape index (κ3) is 2.73. The molecule has 1 unspecified atom stereocenters. The van der Waals surface area contributed by atoms with Gasteiger partial charge < -0.3 is 15.2 Å². The van der Waals surface area contributed by atoms with E-state index in [1.54, 1.807) is 12.1 Å². The average Bonchev–Trinajstić information content (AvgIpc) is 2.28. The zero-order valence-electron chi connectivity index (χ0n) is 9.82. The molecule has 1 atom stereocenters. The molecule has 0 aliphatic heterocycles. The predicted molar refractivity (Wildman–Crippen MR) is 61.3 cm³/mol. The van der Waals surface area contributed by atoms with Crippen LogP contribution in [0, 0.1) is 6.92 Å². The molecule has 0 fully saturated rings. The van der Waals surface area contributed by atoms with Crippen molar-refractivity contribution in [3.05, 3.63) is 29.3 Å². The molecular formula is C12H17NO3. The maximum atomic E-state index is 11.3. The van der Waals surface area contributed by atoms with Gasteiger partial charge >= 0.3 is 5.97 Å². The number of methoxy groups -OCH3 is 1. The molecule has 0 bridgehead atoms. The van der Waals surface area contributed by atoms with E-state index < -0.39 is 12.0 Å². The summed E-state index contributed by atoms with van der Waals surface area (Å²) in [5.74, 6) is 0.341. The summed E-state index contributed by atoms with van der Waals surface area (Å²) < 4.78 is 9.96. The highest BCUT2D eigenvalue weighted by molar-refractivity contribution is 5.77. The van der Waals surface area contributed by atoms with Crippen molar-refractivity contribution in [2.45, 2.75) is 19.9 Å². The summed E-state index contributed by atoms with van der Waals surface area (Å²) in [6, 6.07) is 4.72. The van der Waals surface area contributed by atoms with Crippen LogP contribution in [0.2, 0.25) is 0 Å². The van der Waals surface area contributed by atoms with Crippen molar-refractivity contribution in [1.29, 1.82) is 0 Å². The lowest BCUT2D eigenvalue weighted by atomic mass is 10.0. The SMILES string of the molecule is CCOc1ccc(C(N)C(=O)OC)c(C)c1. The zero-order chi connectivity index (χ0) is 12.1. The molecule has 1 aromatic rings. The lowest BCUT2D eigenvalue weighted by molar-refractivity contribution is -0.142. The van der Waals surface area contributed by atoms with Gasteiger partial charge in [-0.2, -0.15) is 0 Å². The Balaban J connectivity index is 2.94. The lowest BCUT2D eigenvalue weighted by Gasteiger charge is -2.13. The van der Waals surface area contributed by atoms with E-state index in [9.17, 15) is 4.79 Å². The maximum absolute atomic E-state index is 11.3. The second kappa shape index (κ2) is 5.51. The minimum atomic E-state index is -0.735. The van der Waals surface area contributed by atoms with Gasteiger partial charge in [-0.15, -0.1) is 0 Å². The molecule has 4 heteroatoms. The maximum Gasteiger partial charge on any atom is 0.327 e. The van der Waals surface area contributed by atoms with Crippen molar-refractivity contribution in [3.63, 3.8) is 0 Å². The number of esters is 1. The Kier molecular flexibility index (Phi) is 4.31. The van der Waals surface area contributed by atoms with Crippen LogP contribution in [0.1, 0.15) is 24.1 Å². The van der Waals surface area contributed by atoms with Crippen LogP contribution in [0.4, 0.5) is 0 Å². The Morgan fingerprint density at radius 1 is 1.50 bits per heavy atom. The molecule has 88 valence electrons. The van der Waals surface area contributed by atoms with Crippen LogP contribution < -0.4 is 10.5 Å². The molecule has 0 saturated carbocycles. The van der Waals surface area contributed by atoms with Gasteiger partial charge in [-0.25, -0.2) is 0 Å². The van der Waals surface area contributed by atoms with Gasteiger partial charge in [0.15, 0.2) is 0 Å². The fraction of sp³-hybridized carbons (Fsp3) is 0.417. The van der Waals surface area contributed by atoms with Crippen molar-refractivity contribution in [2.24, 2.45) is 5.73 Å². The number of carbonyl (C=O) groups excluding carboxylic acids is 1. The summed E-state index contributed by atoms with van der Waals surface area (Å²) in [5.41, 5.74) is 7.44. The first-order valence-corrected chi connectivity index (χ1v) is 5.17. The second-order valence-electron chi connectivity index (χ2n) is 3.45. The Labute approximate surface area is 95.3 Å². The third-order valence-corrected chi connectivity index (χ3v) is 2.34. The Hall–Kier alpha value is -1.55. The van der Waals surface area contributed by atoms with E-state index in [1.807, 2.05) is 19.9 Å². The van der Waals surface area contributed by atoms with Gasteiger partial charge in [-0.05, 0) is 37.1 Å².